The molecule has 0 radical (unpaired) electrons. The first-order valence-electron chi connectivity index (χ1n) is 6.00. The number of hydrogen-bond donors (Lipinski definition) is 1. The normalized spacial score (nSPS) is 13.8. The Kier molecular flexibility index (Phi) is 2.75. The Morgan fingerprint density at radius 1 is 1.10 bits per heavy atom. The molecule has 4 nitrogen and oxygen atoms in total. The number of nitrogens with zero attached hydrogens (tertiary/aromatic N) is 1. The highest BCUT2D eigenvalue weighted by molar-refractivity contribution is 6.52. The van der Waals surface area contributed by atoms with Crippen molar-refractivity contribution in [3.8, 4) is 5.75 Å². The molecule has 20 heavy (non-hydrogen) atoms. The summed E-state index contributed by atoms with van der Waals surface area (Å²) in [5.74, 6) is -1.86. The van der Waals surface area contributed by atoms with E-state index in [-0.39, 0.29) is 17.9 Å². The molecule has 0 aromatic heterocycles. The van der Waals surface area contributed by atoms with Crippen LogP contribution in [0.25, 0.3) is 0 Å². The van der Waals surface area contributed by atoms with Gasteiger partial charge in [-0.2, -0.15) is 0 Å². The molecule has 0 bridgehead atoms. The molecular formula is C15H10FNO3. The smallest absolute Gasteiger partial charge is 0.299 e. The van der Waals surface area contributed by atoms with Gasteiger partial charge in [-0.05, 0) is 35.9 Å². The number of fused-ring (bicyclic) bond motifs is 1. The third-order valence-electron chi connectivity index (χ3n) is 3.18. The summed E-state index contributed by atoms with van der Waals surface area (Å²) >= 11 is 0. The second-order valence-corrected chi connectivity index (χ2v) is 4.55. The maximum Gasteiger partial charge on any atom is 0.299 e. The molecule has 1 aliphatic heterocycles. The Morgan fingerprint density at radius 2 is 1.90 bits per heavy atom. The second kappa shape index (κ2) is 4.45. The Balaban J connectivity index is 1.99. The van der Waals surface area contributed by atoms with Gasteiger partial charge in [0.25, 0.3) is 11.7 Å². The standard InChI is InChI=1S/C15H10FNO3/c16-10-4-5-13-12(7-10)14(19)15(20)17(13)8-9-2-1-3-11(18)6-9/h1-7,18H,8H2. The highest BCUT2D eigenvalue weighted by atomic mass is 19.1. The van der Waals surface area contributed by atoms with Crippen molar-refractivity contribution in [2.45, 2.75) is 6.54 Å². The van der Waals surface area contributed by atoms with Gasteiger partial charge in [0.05, 0.1) is 17.8 Å². The van der Waals surface area contributed by atoms with Gasteiger partial charge in [-0.3, -0.25) is 9.59 Å². The van der Waals surface area contributed by atoms with Gasteiger partial charge in [-0.1, -0.05) is 12.1 Å². The lowest BCUT2D eigenvalue weighted by molar-refractivity contribution is -0.114. The first kappa shape index (κ1) is 12.3. The summed E-state index contributed by atoms with van der Waals surface area (Å²) in [5.41, 5.74) is 1.16. The number of aromatic hydroxyl groups is 1. The average molecular weight is 271 g/mol. The molecular weight excluding hydrogens is 261 g/mol. The molecule has 0 spiro atoms. The van der Waals surface area contributed by atoms with E-state index in [1.807, 2.05) is 0 Å². The van der Waals surface area contributed by atoms with Crippen molar-refractivity contribution >= 4 is 17.4 Å². The molecule has 0 atom stereocenters. The summed E-state index contributed by atoms with van der Waals surface area (Å²) in [6, 6.07) is 10.1. The van der Waals surface area contributed by atoms with E-state index in [4.69, 9.17) is 0 Å². The molecule has 0 saturated heterocycles. The zero-order chi connectivity index (χ0) is 14.3. The molecule has 5 heteroatoms. The van der Waals surface area contributed by atoms with Crippen molar-refractivity contribution in [1.29, 1.82) is 0 Å². The fourth-order valence-electron chi connectivity index (χ4n) is 2.27. The minimum atomic E-state index is -0.709. The summed E-state index contributed by atoms with van der Waals surface area (Å²) < 4.78 is 13.2. The number of amides is 1. The first-order valence-corrected chi connectivity index (χ1v) is 6.00. The number of anilines is 1. The minimum Gasteiger partial charge on any atom is -0.508 e. The predicted molar refractivity (Wildman–Crippen MR) is 70.0 cm³/mol. The maximum absolute atomic E-state index is 13.2. The zero-order valence-electron chi connectivity index (χ0n) is 10.3. The lowest BCUT2D eigenvalue weighted by Crippen LogP contribution is -2.29. The highest BCUT2D eigenvalue weighted by Crippen LogP contribution is 2.31. The second-order valence-electron chi connectivity index (χ2n) is 4.55. The fourth-order valence-corrected chi connectivity index (χ4v) is 2.27. The van der Waals surface area contributed by atoms with Crippen LogP contribution >= 0.6 is 0 Å². The first-order chi connectivity index (χ1) is 9.56. The highest BCUT2D eigenvalue weighted by Gasteiger charge is 2.35. The summed E-state index contributed by atoms with van der Waals surface area (Å²) in [4.78, 5) is 25.0. The van der Waals surface area contributed by atoms with E-state index in [9.17, 15) is 19.1 Å². The Bertz CT molecular complexity index is 727. The van der Waals surface area contributed by atoms with E-state index < -0.39 is 17.5 Å². The van der Waals surface area contributed by atoms with E-state index in [2.05, 4.69) is 0 Å². The van der Waals surface area contributed by atoms with Crippen molar-refractivity contribution in [3.63, 3.8) is 0 Å². The predicted octanol–water partition coefficient (Wildman–Crippen LogP) is 2.26. The summed E-state index contributed by atoms with van der Waals surface area (Å²) in [5, 5.41) is 9.42. The van der Waals surface area contributed by atoms with Crippen LogP contribution in [0, 0.1) is 5.82 Å². The third-order valence-corrected chi connectivity index (χ3v) is 3.18. The van der Waals surface area contributed by atoms with Crippen molar-refractivity contribution in [1.82, 2.24) is 0 Å². The molecule has 1 amide bonds. The Hall–Kier alpha value is -2.69. The largest absolute Gasteiger partial charge is 0.508 e. The summed E-state index contributed by atoms with van der Waals surface area (Å²) in [6.45, 7) is 0.150. The zero-order valence-corrected chi connectivity index (χ0v) is 10.3. The number of carbonyl (C=O) groups is 2. The number of hydrogen-bond acceptors (Lipinski definition) is 3. The van der Waals surface area contributed by atoms with Gasteiger partial charge >= 0.3 is 0 Å². The summed E-state index contributed by atoms with van der Waals surface area (Å²) in [6.07, 6.45) is 0. The van der Waals surface area contributed by atoms with Crippen LogP contribution in [0.4, 0.5) is 10.1 Å². The molecule has 100 valence electrons. The molecule has 0 fully saturated rings. The van der Waals surface area contributed by atoms with Crippen LogP contribution in [0.2, 0.25) is 0 Å². The molecule has 3 rings (SSSR count). The molecule has 0 saturated carbocycles. The topological polar surface area (TPSA) is 57.6 Å². The van der Waals surface area contributed by atoms with Crippen molar-refractivity contribution < 1.29 is 19.1 Å². The van der Waals surface area contributed by atoms with Gasteiger partial charge in [-0.15, -0.1) is 0 Å². The number of phenolic OH excluding ortho intramolecular Hbond substituents is 1. The third kappa shape index (κ3) is 1.93. The Labute approximate surface area is 114 Å². The van der Waals surface area contributed by atoms with E-state index in [1.165, 1.54) is 29.2 Å². The molecule has 0 aliphatic carbocycles. The van der Waals surface area contributed by atoms with Crippen LogP contribution in [0.15, 0.2) is 42.5 Å². The number of carbonyl (C=O) groups excluding carboxylic acids is 2. The van der Waals surface area contributed by atoms with Crippen LogP contribution in [0.5, 0.6) is 5.75 Å². The monoisotopic (exact) mass is 271 g/mol. The van der Waals surface area contributed by atoms with Gasteiger partial charge in [-0.25, -0.2) is 4.39 Å². The Morgan fingerprint density at radius 3 is 2.65 bits per heavy atom. The van der Waals surface area contributed by atoms with E-state index in [0.717, 1.165) is 6.07 Å². The van der Waals surface area contributed by atoms with Crippen LogP contribution in [0.3, 0.4) is 0 Å². The number of Topliss-reactive ketones (excluding diaryl/α,β-unsaturated/α-hetero) is 1. The molecule has 1 N–H and O–H groups in total. The van der Waals surface area contributed by atoms with E-state index >= 15 is 0 Å². The SMILES string of the molecule is O=C1C(=O)N(Cc2cccc(O)c2)c2ccc(F)cc21. The van der Waals surface area contributed by atoms with Gasteiger partial charge in [0, 0.05) is 0 Å². The van der Waals surface area contributed by atoms with Gasteiger partial charge in [0.1, 0.15) is 11.6 Å². The lowest BCUT2D eigenvalue weighted by atomic mass is 10.1. The number of rotatable bonds is 2. The molecule has 0 unspecified atom stereocenters. The van der Waals surface area contributed by atoms with Gasteiger partial charge < -0.3 is 10.0 Å². The van der Waals surface area contributed by atoms with Crippen LogP contribution < -0.4 is 4.90 Å². The number of ketones is 1. The fraction of sp³-hybridized carbons (Fsp3) is 0.0667. The lowest BCUT2D eigenvalue weighted by Gasteiger charge is -2.16. The minimum absolute atomic E-state index is 0.0788. The summed E-state index contributed by atoms with van der Waals surface area (Å²) in [7, 11) is 0. The average Bonchev–Trinajstić information content (AvgIpc) is 2.64. The molecule has 1 heterocycles. The number of halogens is 1. The van der Waals surface area contributed by atoms with E-state index in [1.54, 1.807) is 12.1 Å². The number of phenols is 1. The van der Waals surface area contributed by atoms with Gasteiger partial charge in [0.15, 0.2) is 0 Å². The molecule has 2 aromatic rings. The van der Waals surface area contributed by atoms with E-state index in [0.29, 0.717) is 11.3 Å². The van der Waals surface area contributed by atoms with Crippen LogP contribution in [0.1, 0.15) is 15.9 Å². The van der Waals surface area contributed by atoms with Gasteiger partial charge in [0.2, 0.25) is 0 Å². The maximum atomic E-state index is 13.2. The van der Waals surface area contributed by atoms with Crippen molar-refractivity contribution in [2.75, 3.05) is 4.90 Å². The molecule has 2 aromatic carbocycles. The quantitative estimate of drug-likeness (QED) is 0.852. The number of benzene rings is 2. The molecule has 1 aliphatic rings. The van der Waals surface area contributed by atoms with Crippen LogP contribution in [-0.2, 0) is 11.3 Å². The van der Waals surface area contributed by atoms with Crippen molar-refractivity contribution in [2.24, 2.45) is 0 Å². The van der Waals surface area contributed by atoms with Crippen molar-refractivity contribution in [3.05, 3.63) is 59.4 Å². The van der Waals surface area contributed by atoms with Crippen LogP contribution in [-0.4, -0.2) is 16.8 Å².